The van der Waals surface area contributed by atoms with Crippen molar-refractivity contribution in [2.24, 2.45) is 0 Å². The Kier molecular flexibility index (Phi) is 4.11. The maximum Gasteiger partial charge on any atom is 0.246 e. The number of rotatable bonds is 2. The molecule has 1 aliphatic rings. The Balaban J connectivity index is 2.46. The Morgan fingerprint density at radius 3 is 2.32 bits per heavy atom. The number of hydrogen-bond donors (Lipinski definition) is 1. The quantitative estimate of drug-likeness (QED) is 0.673. The van der Waals surface area contributed by atoms with Crippen LogP contribution in [0.25, 0.3) is 0 Å². The van der Waals surface area contributed by atoms with Crippen LogP contribution < -0.4 is 5.73 Å². The van der Waals surface area contributed by atoms with Crippen molar-refractivity contribution in [2.75, 3.05) is 18.8 Å². The van der Waals surface area contributed by atoms with Gasteiger partial charge in [0.1, 0.15) is 4.90 Å². The van der Waals surface area contributed by atoms with Gasteiger partial charge in [-0.3, -0.25) is 0 Å². The van der Waals surface area contributed by atoms with Crippen LogP contribution in [-0.4, -0.2) is 25.8 Å². The summed E-state index contributed by atoms with van der Waals surface area (Å²) in [7, 11) is -3.69. The molecule has 0 atom stereocenters. The van der Waals surface area contributed by atoms with Crippen LogP contribution in [0.4, 0.5) is 5.69 Å². The second kappa shape index (κ2) is 5.32. The summed E-state index contributed by atoms with van der Waals surface area (Å²) in [5.74, 6) is 0. The number of nitrogens with zero attached hydrogens (tertiary/aromatic N) is 1. The highest BCUT2D eigenvalue weighted by Gasteiger charge is 2.30. The lowest BCUT2D eigenvalue weighted by molar-refractivity contribution is 0.431. The van der Waals surface area contributed by atoms with E-state index in [-0.39, 0.29) is 14.9 Å². The van der Waals surface area contributed by atoms with Gasteiger partial charge in [-0.25, -0.2) is 8.42 Å². The summed E-state index contributed by atoms with van der Waals surface area (Å²) < 4.78 is 26.4. The first kappa shape index (κ1) is 14.7. The van der Waals surface area contributed by atoms with Gasteiger partial charge in [-0.2, -0.15) is 4.31 Å². The van der Waals surface area contributed by atoms with Crippen molar-refractivity contribution in [1.29, 1.82) is 0 Å². The molecule has 0 saturated carbocycles. The zero-order chi connectivity index (χ0) is 14.2. The lowest BCUT2D eigenvalue weighted by Gasteiger charge is -2.25. The van der Waals surface area contributed by atoms with Crippen LogP contribution in [0.2, 0.25) is 10.0 Å². The fourth-order valence-electron chi connectivity index (χ4n) is 1.93. The Labute approximate surface area is 122 Å². The molecule has 104 valence electrons. The van der Waals surface area contributed by atoms with E-state index < -0.39 is 10.0 Å². The van der Waals surface area contributed by atoms with Crippen molar-refractivity contribution >= 4 is 38.9 Å². The predicted molar refractivity (Wildman–Crippen MR) is 78.0 cm³/mol. The van der Waals surface area contributed by atoms with Crippen molar-refractivity contribution in [1.82, 2.24) is 4.31 Å². The van der Waals surface area contributed by atoms with Gasteiger partial charge in [-0.1, -0.05) is 34.9 Å². The smallest absolute Gasteiger partial charge is 0.246 e. The van der Waals surface area contributed by atoms with Gasteiger partial charge in [0, 0.05) is 18.8 Å². The Morgan fingerprint density at radius 1 is 1.26 bits per heavy atom. The zero-order valence-electron chi connectivity index (χ0n) is 10.4. The number of halogens is 2. The normalized spacial score (nSPS) is 17.3. The predicted octanol–water partition coefficient (Wildman–Crippen LogP) is 2.92. The van der Waals surface area contributed by atoms with Crippen LogP contribution in [0.3, 0.4) is 0 Å². The van der Waals surface area contributed by atoms with Crippen LogP contribution in [0.5, 0.6) is 0 Å². The van der Waals surface area contributed by atoms with Crippen molar-refractivity contribution in [3.05, 3.63) is 33.8 Å². The lowest BCUT2D eigenvalue weighted by Crippen LogP contribution is -2.35. The third-order valence-electron chi connectivity index (χ3n) is 3.02. The van der Waals surface area contributed by atoms with Gasteiger partial charge in [0.2, 0.25) is 10.0 Å². The first-order chi connectivity index (χ1) is 8.82. The monoisotopic (exact) mass is 320 g/mol. The van der Waals surface area contributed by atoms with E-state index in [0.29, 0.717) is 25.2 Å². The molecular weight excluding hydrogens is 307 g/mol. The number of sulfonamides is 1. The minimum Gasteiger partial charge on any atom is -0.399 e. The molecule has 0 saturated heterocycles. The van der Waals surface area contributed by atoms with Gasteiger partial charge in [-0.15, -0.1) is 0 Å². The Hall–Kier alpha value is -0.750. The zero-order valence-corrected chi connectivity index (χ0v) is 12.7. The number of nitrogens with two attached hydrogens (primary N) is 1. The highest BCUT2D eigenvalue weighted by molar-refractivity contribution is 7.89. The summed E-state index contributed by atoms with van der Waals surface area (Å²) in [5, 5.41) is 0.104. The fourth-order valence-corrected chi connectivity index (χ4v) is 4.49. The van der Waals surface area contributed by atoms with Gasteiger partial charge in [0.05, 0.1) is 10.0 Å². The first-order valence-electron chi connectivity index (χ1n) is 5.72. The maximum absolute atomic E-state index is 12.5. The van der Waals surface area contributed by atoms with Gasteiger partial charge >= 0.3 is 0 Å². The van der Waals surface area contributed by atoms with E-state index in [1.165, 1.54) is 22.0 Å². The highest BCUT2D eigenvalue weighted by atomic mass is 35.5. The summed E-state index contributed by atoms with van der Waals surface area (Å²) in [6, 6.07) is 2.79. The second-order valence-corrected chi connectivity index (χ2v) is 7.17. The SMILES string of the molecule is CC1=CCN(S(=O)(=O)c2c(Cl)cc(N)cc2Cl)CC1. The van der Waals surface area contributed by atoms with Gasteiger partial charge < -0.3 is 5.73 Å². The average molecular weight is 321 g/mol. The summed E-state index contributed by atoms with van der Waals surface area (Å²) in [6.07, 6.45) is 2.60. The molecule has 1 aromatic carbocycles. The fraction of sp³-hybridized carbons (Fsp3) is 0.333. The maximum atomic E-state index is 12.5. The number of nitrogen functional groups attached to an aromatic ring is 1. The molecule has 1 heterocycles. The standard InChI is InChI=1S/C12H14Cl2N2O2S/c1-8-2-4-16(5-3-8)19(17,18)12-10(13)6-9(15)7-11(12)14/h2,6-7H,3-5,15H2,1H3. The molecule has 2 N–H and O–H groups in total. The lowest BCUT2D eigenvalue weighted by atomic mass is 10.1. The largest absolute Gasteiger partial charge is 0.399 e. The molecule has 1 aliphatic heterocycles. The molecule has 19 heavy (non-hydrogen) atoms. The molecule has 0 spiro atoms. The van der Waals surface area contributed by atoms with Gasteiger partial charge in [0.15, 0.2) is 0 Å². The number of anilines is 1. The minimum absolute atomic E-state index is 0.0521. The van der Waals surface area contributed by atoms with E-state index in [4.69, 9.17) is 28.9 Å². The summed E-state index contributed by atoms with van der Waals surface area (Å²) in [5.41, 5.74) is 7.10. The third kappa shape index (κ3) is 2.89. The molecule has 7 heteroatoms. The van der Waals surface area contributed by atoms with Crippen LogP contribution in [0.15, 0.2) is 28.7 Å². The van der Waals surface area contributed by atoms with E-state index in [1.54, 1.807) is 0 Å². The van der Waals surface area contributed by atoms with Gasteiger partial charge in [-0.05, 0) is 25.5 Å². The minimum atomic E-state index is -3.69. The average Bonchev–Trinajstić information content (AvgIpc) is 2.27. The topological polar surface area (TPSA) is 63.4 Å². The molecule has 0 fully saturated rings. The van der Waals surface area contributed by atoms with E-state index in [2.05, 4.69) is 0 Å². The number of hydrogen-bond acceptors (Lipinski definition) is 3. The van der Waals surface area contributed by atoms with Crippen LogP contribution in [-0.2, 0) is 10.0 Å². The van der Waals surface area contributed by atoms with Gasteiger partial charge in [0.25, 0.3) is 0 Å². The Bertz CT molecular complexity index is 618. The van der Waals surface area contributed by atoms with Crippen LogP contribution in [0, 0.1) is 0 Å². The third-order valence-corrected chi connectivity index (χ3v) is 5.80. The molecule has 0 unspecified atom stereocenters. The first-order valence-corrected chi connectivity index (χ1v) is 7.92. The van der Waals surface area contributed by atoms with Crippen molar-refractivity contribution in [3.63, 3.8) is 0 Å². The molecular formula is C12H14Cl2N2O2S. The van der Waals surface area contributed by atoms with Crippen LogP contribution in [0.1, 0.15) is 13.3 Å². The molecule has 0 radical (unpaired) electrons. The highest BCUT2D eigenvalue weighted by Crippen LogP contribution is 2.34. The van der Waals surface area contributed by atoms with Crippen molar-refractivity contribution in [3.8, 4) is 0 Å². The van der Waals surface area contributed by atoms with E-state index in [9.17, 15) is 8.42 Å². The number of benzene rings is 1. The summed E-state index contributed by atoms with van der Waals surface area (Å²) in [6.45, 7) is 2.75. The molecule has 1 aromatic rings. The van der Waals surface area contributed by atoms with E-state index in [0.717, 1.165) is 0 Å². The van der Waals surface area contributed by atoms with E-state index >= 15 is 0 Å². The van der Waals surface area contributed by atoms with Crippen molar-refractivity contribution in [2.45, 2.75) is 18.2 Å². The van der Waals surface area contributed by atoms with Crippen LogP contribution >= 0.6 is 23.2 Å². The second-order valence-electron chi connectivity index (χ2n) is 4.48. The molecule has 0 bridgehead atoms. The Morgan fingerprint density at radius 2 is 1.84 bits per heavy atom. The molecule has 0 amide bonds. The summed E-state index contributed by atoms with van der Waals surface area (Å²) >= 11 is 12.0. The molecule has 4 nitrogen and oxygen atoms in total. The van der Waals surface area contributed by atoms with E-state index in [1.807, 2.05) is 13.0 Å². The molecule has 2 rings (SSSR count). The molecule has 0 aliphatic carbocycles. The summed E-state index contributed by atoms with van der Waals surface area (Å²) in [4.78, 5) is -0.0713. The molecule has 0 aromatic heterocycles. The van der Waals surface area contributed by atoms with Crippen molar-refractivity contribution < 1.29 is 8.42 Å².